The number of hydrogen-bond acceptors (Lipinski definition) is 0. The van der Waals surface area contributed by atoms with Gasteiger partial charge in [0, 0.05) is 0 Å². The molecule has 0 aliphatic carbocycles. The molecule has 0 aromatic heterocycles. The fourth-order valence-corrected chi connectivity index (χ4v) is 2.75. The number of fused-ring (bicyclic) bond motifs is 2. The Morgan fingerprint density at radius 2 is 0.900 bits per heavy atom. The van der Waals surface area contributed by atoms with Crippen LogP contribution in [-0.2, 0) is 0 Å². The van der Waals surface area contributed by atoms with Crippen molar-refractivity contribution in [3.63, 3.8) is 0 Å². The van der Waals surface area contributed by atoms with Gasteiger partial charge in [0.05, 0.1) is 0 Å². The zero-order valence-electron chi connectivity index (χ0n) is 12.8. The van der Waals surface area contributed by atoms with E-state index in [2.05, 4.69) is 76.2 Å². The number of benzene rings is 3. The molecule has 0 unspecified atom stereocenters. The molecule has 0 amide bonds. The minimum absolute atomic E-state index is 0.581. The predicted octanol–water partition coefficient (Wildman–Crippen LogP) is 6.24. The highest BCUT2D eigenvalue weighted by Gasteiger charge is 2.04. The second-order valence-electron chi connectivity index (χ2n) is 6.37. The van der Waals surface area contributed by atoms with E-state index >= 15 is 0 Å². The fraction of sp³-hybridized carbons (Fsp3) is 0.300. The molecule has 3 aromatic rings. The zero-order chi connectivity index (χ0) is 14.3. The van der Waals surface area contributed by atoms with Gasteiger partial charge in [-0.25, -0.2) is 0 Å². The van der Waals surface area contributed by atoms with Gasteiger partial charge in [0.25, 0.3) is 0 Å². The monoisotopic (exact) mass is 262 g/mol. The van der Waals surface area contributed by atoms with E-state index in [0.29, 0.717) is 11.8 Å². The summed E-state index contributed by atoms with van der Waals surface area (Å²) < 4.78 is 0. The van der Waals surface area contributed by atoms with Crippen LogP contribution in [0.4, 0.5) is 0 Å². The van der Waals surface area contributed by atoms with E-state index in [0.717, 1.165) is 0 Å². The van der Waals surface area contributed by atoms with Crippen LogP contribution in [0.1, 0.15) is 50.7 Å². The van der Waals surface area contributed by atoms with Crippen LogP contribution >= 0.6 is 0 Å². The van der Waals surface area contributed by atoms with Crippen LogP contribution in [-0.4, -0.2) is 0 Å². The molecule has 3 aromatic carbocycles. The molecule has 0 fully saturated rings. The van der Waals surface area contributed by atoms with Gasteiger partial charge >= 0.3 is 0 Å². The lowest BCUT2D eigenvalue weighted by Gasteiger charge is -2.10. The van der Waals surface area contributed by atoms with Crippen molar-refractivity contribution >= 4 is 21.5 Å². The van der Waals surface area contributed by atoms with Gasteiger partial charge in [-0.3, -0.25) is 0 Å². The summed E-state index contributed by atoms with van der Waals surface area (Å²) in [5.74, 6) is 1.16. The third kappa shape index (κ3) is 2.31. The number of hydrogen-bond donors (Lipinski definition) is 0. The summed E-state index contributed by atoms with van der Waals surface area (Å²) in [7, 11) is 0. The Hall–Kier alpha value is -1.82. The molecule has 0 heteroatoms. The third-order valence-electron chi connectivity index (χ3n) is 4.18. The van der Waals surface area contributed by atoms with E-state index in [-0.39, 0.29) is 0 Å². The van der Waals surface area contributed by atoms with Gasteiger partial charge in [0.15, 0.2) is 0 Å². The normalized spacial score (nSPS) is 11.9. The molecule has 0 saturated heterocycles. The molecule has 0 atom stereocenters. The van der Waals surface area contributed by atoms with Crippen molar-refractivity contribution in [2.75, 3.05) is 0 Å². The first-order valence-corrected chi connectivity index (χ1v) is 7.52. The molecule has 0 aliphatic rings. The van der Waals surface area contributed by atoms with Crippen LogP contribution in [0.25, 0.3) is 21.5 Å². The average Bonchev–Trinajstić information content (AvgIpc) is 2.43. The molecule has 0 saturated carbocycles. The van der Waals surface area contributed by atoms with Crippen molar-refractivity contribution < 1.29 is 0 Å². The topological polar surface area (TPSA) is 0 Å². The van der Waals surface area contributed by atoms with Crippen molar-refractivity contribution in [3.8, 4) is 0 Å². The van der Waals surface area contributed by atoms with Crippen molar-refractivity contribution in [2.24, 2.45) is 0 Å². The molecule has 0 spiro atoms. The SMILES string of the molecule is CC(C)c1ccc2cc3ccc(C(C)C)cc3cc2c1. The third-order valence-corrected chi connectivity index (χ3v) is 4.18. The maximum absolute atomic E-state index is 2.34. The second kappa shape index (κ2) is 4.94. The lowest BCUT2D eigenvalue weighted by Crippen LogP contribution is -1.89. The van der Waals surface area contributed by atoms with Crippen LogP contribution in [0.2, 0.25) is 0 Å². The Bertz CT molecular complexity index is 700. The molecule has 0 nitrogen and oxygen atoms in total. The lowest BCUT2D eigenvalue weighted by molar-refractivity contribution is 0.868. The van der Waals surface area contributed by atoms with Crippen molar-refractivity contribution in [1.29, 1.82) is 0 Å². The highest BCUT2D eigenvalue weighted by molar-refractivity contribution is 5.98. The standard InChI is InChI=1S/C20H22/c1-13(2)15-5-7-17-11-18-8-6-16(14(3)4)10-20(18)12-19(17)9-15/h5-14H,1-4H3. The first-order chi connectivity index (χ1) is 9.54. The van der Waals surface area contributed by atoms with Crippen molar-refractivity contribution in [1.82, 2.24) is 0 Å². The first kappa shape index (κ1) is 13.2. The van der Waals surface area contributed by atoms with Crippen LogP contribution < -0.4 is 0 Å². The largest absolute Gasteiger partial charge is 0.0587 e. The van der Waals surface area contributed by atoms with Crippen molar-refractivity contribution in [3.05, 3.63) is 59.7 Å². The Labute approximate surface area is 121 Å². The summed E-state index contributed by atoms with van der Waals surface area (Å²) in [6, 6.07) is 18.3. The van der Waals surface area contributed by atoms with Crippen LogP contribution in [0, 0.1) is 0 Å². The molecule has 0 aliphatic heterocycles. The van der Waals surface area contributed by atoms with Gasteiger partial charge in [0.1, 0.15) is 0 Å². The summed E-state index contributed by atoms with van der Waals surface area (Å²) in [4.78, 5) is 0. The molecular formula is C20H22. The van der Waals surface area contributed by atoms with E-state index in [9.17, 15) is 0 Å². The van der Waals surface area contributed by atoms with E-state index in [1.54, 1.807) is 0 Å². The van der Waals surface area contributed by atoms with Gasteiger partial charge in [-0.1, -0.05) is 64.1 Å². The molecule has 20 heavy (non-hydrogen) atoms. The molecule has 0 bridgehead atoms. The van der Waals surface area contributed by atoms with Crippen LogP contribution in [0.5, 0.6) is 0 Å². The minimum atomic E-state index is 0.581. The quantitative estimate of drug-likeness (QED) is 0.479. The highest BCUT2D eigenvalue weighted by atomic mass is 14.1. The zero-order valence-corrected chi connectivity index (χ0v) is 12.8. The molecule has 0 N–H and O–H groups in total. The fourth-order valence-electron chi connectivity index (χ4n) is 2.75. The van der Waals surface area contributed by atoms with E-state index < -0.39 is 0 Å². The minimum Gasteiger partial charge on any atom is -0.0587 e. The van der Waals surface area contributed by atoms with E-state index in [1.807, 2.05) is 0 Å². The second-order valence-corrected chi connectivity index (χ2v) is 6.37. The van der Waals surface area contributed by atoms with Crippen LogP contribution in [0.3, 0.4) is 0 Å². The molecular weight excluding hydrogens is 240 g/mol. The predicted molar refractivity (Wildman–Crippen MR) is 89.6 cm³/mol. The van der Waals surface area contributed by atoms with Gasteiger partial charge in [-0.15, -0.1) is 0 Å². The van der Waals surface area contributed by atoms with E-state index in [4.69, 9.17) is 0 Å². The Morgan fingerprint density at radius 3 is 1.30 bits per heavy atom. The maximum Gasteiger partial charge on any atom is -0.0175 e. The van der Waals surface area contributed by atoms with Gasteiger partial charge < -0.3 is 0 Å². The first-order valence-electron chi connectivity index (χ1n) is 7.52. The smallest absolute Gasteiger partial charge is 0.0175 e. The van der Waals surface area contributed by atoms with Gasteiger partial charge in [-0.2, -0.15) is 0 Å². The van der Waals surface area contributed by atoms with Gasteiger partial charge in [-0.05, 0) is 56.6 Å². The summed E-state index contributed by atoms with van der Waals surface area (Å²) in [5.41, 5.74) is 2.83. The summed E-state index contributed by atoms with van der Waals surface area (Å²) in [6.07, 6.45) is 0. The van der Waals surface area contributed by atoms with Crippen LogP contribution in [0.15, 0.2) is 48.5 Å². The number of rotatable bonds is 2. The van der Waals surface area contributed by atoms with Gasteiger partial charge in [0.2, 0.25) is 0 Å². The molecule has 102 valence electrons. The highest BCUT2D eigenvalue weighted by Crippen LogP contribution is 2.28. The Balaban J connectivity index is 2.24. The van der Waals surface area contributed by atoms with Crippen molar-refractivity contribution in [2.45, 2.75) is 39.5 Å². The maximum atomic E-state index is 2.34. The average molecular weight is 262 g/mol. The Kier molecular flexibility index (Phi) is 3.25. The molecule has 0 radical (unpaired) electrons. The summed E-state index contributed by atoms with van der Waals surface area (Å²) >= 11 is 0. The Morgan fingerprint density at radius 1 is 0.500 bits per heavy atom. The van der Waals surface area contributed by atoms with E-state index in [1.165, 1.54) is 32.7 Å². The lowest BCUT2D eigenvalue weighted by atomic mass is 9.95. The molecule has 3 rings (SSSR count). The summed E-state index contributed by atoms with van der Waals surface area (Å²) in [5, 5.41) is 5.37. The summed E-state index contributed by atoms with van der Waals surface area (Å²) in [6.45, 7) is 9.00. The molecule has 0 heterocycles.